The van der Waals surface area contributed by atoms with E-state index in [4.69, 9.17) is 18.7 Å². The lowest BCUT2D eigenvalue weighted by Crippen LogP contribution is -2.45. The Morgan fingerprint density at radius 3 is 2.61 bits per heavy atom. The largest absolute Gasteiger partial charge is 0.497 e. The molecule has 1 aliphatic heterocycles. The molecule has 0 spiro atoms. The fourth-order valence-electron chi connectivity index (χ4n) is 3.27. The molecule has 1 aromatic carbocycles. The van der Waals surface area contributed by atoms with Gasteiger partial charge in [0.1, 0.15) is 23.8 Å². The Kier molecular flexibility index (Phi) is 7.85. The molecular weight excluding hydrogens is 404 g/mol. The molecular formula is C21H28N4O6. The van der Waals surface area contributed by atoms with Crippen LogP contribution in [0.5, 0.6) is 11.5 Å². The summed E-state index contributed by atoms with van der Waals surface area (Å²) in [5.41, 5.74) is 0.357. The van der Waals surface area contributed by atoms with Gasteiger partial charge in [0.05, 0.1) is 33.0 Å². The summed E-state index contributed by atoms with van der Waals surface area (Å²) in [6.45, 7) is 5.50. The average Bonchev–Trinajstić information content (AvgIpc) is 3.20. The van der Waals surface area contributed by atoms with E-state index in [1.165, 1.54) is 12.0 Å². The van der Waals surface area contributed by atoms with E-state index >= 15 is 0 Å². The maximum absolute atomic E-state index is 13.3. The molecule has 1 fully saturated rings. The fourth-order valence-corrected chi connectivity index (χ4v) is 3.27. The quantitative estimate of drug-likeness (QED) is 0.634. The van der Waals surface area contributed by atoms with E-state index in [0.717, 1.165) is 13.1 Å². The Balaban J connectivity index is 1.75. The molecule has 2 heterocycles. The van der Waals surface area contributed by atoms with E-state index in [1.807, 2.05) is 0 Å². The van der Waals surface area contributed by atoms with Crippen LogP contribution in [0.15, 0.2) is 28.8 Å². The first-order chi connectivity index (χ1) is 15.0. The molecule has 1 N–H and O–H groups in total. The summed E-state index contributed by atoms with van der Waals surface area (Å²) in [7, 11) is 3.03. The molecule has 2 amide bonds. The van der Waals surface area contributed by atoms with Crippen LogP contribution in [0.25, 0.3) is 0 Å². The normalized spacial score (nSPS) is 14.2. The minimum absolute atomic E-state index is 0.135. The second kappa shape index (κ2) is 10.8. The van der Waals surface area contributed by atoms with Crippen molar-refractivity contribution in [2.75, 3.05) is 65.5 Å². The average molecular weight is 432 g/mol. The highest BCUT2D eigenvalue weighted by atomic mass is 16.5. The van der Waals surface area contributed by atoms with E-state index in [0.29, 0.717) is 54.9 Å². The Bertz CT molecular complexity index is 894. The van der Waals surface area contributed by atoms with Gasteiger partial charge in [0, 0.05) is 38.3 Å². The summed E-state index contributed by atoms with van der Waals surface area (Å²) < 4.78 is 20.9. The summed E-state index contributed by atoms with van der Waals surface area (Å²) in [6, 6.07) is 6.59. The van der Waals surface area contributed by atoms with Crippen molar-refractivity contribution in [1.29, 1.82) is 0 Å². The second-order valence-electron chi connectivity index (χ2n) is 7.12. The summed E-state index contributed by atoms with van der Waals surface area (Å²) in [5.74, 6) is 1.18. The molecule has 0 atom stereocenters. The van der Waals surface area contributed by atoms with Crippen LogP contribution >= 0.6 is 0 Å². The van der Waals surface area contributed by atoms with Crippen LogP contribution in [0.1, 0.15) is 16.1 Å². The van der Waals surface area contributed by atoms with Gasteiger partial charge in [0.25, 0.3) is 5.91 Å². The van der Waals surface area contributed by atoms with Crippen molar-refractivity contribution in [2.24, 2.45) is 0 Å². The fraction of sp³-hybridized carbons (Fsp3) is 0.476. The molecule has 0 aliphatic carbocycles. The zero-order valence-corrected chi connectivity index (χ0v) is 18.1. The zero-order chi connectivity index (χ0) is 22.2. The summed E-state index contributed by atoms with van der Waals surface area (Å²) in [6.07, 6.45) is 0. The monoisotopic (exact) mass is 432 g/mol. The van der Waals surface area contributed by atoms with Crippen molar-refractivity contribution in [3.05, 3.63) is 35.6 Å². The Labute approximate surface area is 181 Å². The van der Waals surface area contributed by atoms with Gasteiger partial charge in [0.15, 0.2) is 5.82 Å². The summed E-state index contributed by atoms with van der Waals surface area (Å²) >= 11 is 0. The first-order valence-corrected chi connectivity index (χ1v) is 10.0. The molecule has 3 rings (SSSR count). The van der Waals surface area contributed by atoms with Crippen molar-refractivity contribution in [1.82, 2.24) is 15.0 Å². The topological polar surface area (TPSA) is 106 Å². The Hall–Kier alpha value is -3.11. The Morgan fingerprint density at radius 1 is 1.19 bits per heavy atom. The van der Waals surface area contributed by atoms with Gasteiger partial charge in [-0.15, -0.1) is 0 Å². The third kappa shape index (κ3) is 6.19. The van der Waals surface area contributed by atoms with E-state index < -0.39 is 0 Å². The molecule has 2 aromatic rings. The second-order valence-corrected chi connectivity index (χ2v) is 7.12. The third-order valence-corrected chi connectivity index (χ3v) is 4.95. The number of methoxy groups -OCH3 is 2. The van der Waals surface area contributed by atoms with Gasteiger partial charge in [-0.1, -0.05) is 5.16 Å². The van der Waals surface area contributed by atoms with Gasteiger partial charge in [-0.2, -0.15) is 0 Å². The number of nitrogens with zero attached hydrogens (tertiary/aromatic N) is 3. The lowest BCUT2D eigenvalue weighted by Gasteiger charge is -2.30. The molecule has 168 valence electrons. The number of rotatable bonds is 9. The summed E-state index contributed by atoms with van der Waals surface area (Å²) in [4.78, 5) is 29.6. The molecule has 0 saturated carbocycles. The number of carbonyl (C=O) groups excluding carboxylic acids is 2. The van der Waals surface area contributed by atoms with Crippen molar-refractivity contribution < 1.29 is 28.3 Å². The number of hydrogen-bond donors (Lipinski definition) is 1. The highest BCUT2D eigenvalue weighted by molar-refractivity contribution is 6.00. The van der Waals surface area contributed by atoms with Crippen LogP contribution in [-0.2, 0) is 9.53 Å². The van der Waals surface area contributed by atoms with Crippen molar-refractivity contribution in [3.8, 4) is 11.5 Å². The highest BCUT2D eigenvalue weighted by Crippen LogP contribution is 2.26. The molecule has 0 bridgehead atoms. The van der Waals surface area contributed by atoms with E-state index in [-0.39, 0.29) is 18.4 Å². The molecule has 1 aliphatic rings. The molecule has 31 heavy (non-hydrogen) atoms. The van der Waals surface area contributed by atoms with Crippen LogP contribution in [0, 0.1) is 6.92 Å². The molecule has 0 unspecified atom stereocenters. The molecule has 0 radical (unpaired) electrons. The minimum Gasteiger partial charge on any atom is -0.497 e. The molecule has 10 nitrogen and oxygen atoms in total. The highest BCUT2D eigenvalue weighted by Gasteiger charge is 2.24. The first-order valence-electron chi connectivity index (χ1n) is 10.0. The van der Waals surface area contributed by atoms with E-state index in [9.17, 15) is 9.59 Å². The van der Waals surface area contributed by atoms with Gasteiger partial charge in [-0.05, 0) is 19.1 Å². The molecule has 10 heteroatoms. The van der Waals surface area contributed by atoms with E-state index in [2.05, 4.69) is 15.4 Å². The van der Waals surface area contributed by atoms with Crippen LogP contribution in [0.2, 0.25) is 0 Å². The Morgan fingerprint density at radius 2 is 1.97 bits per heavy atom. The lowest BCUT2D eigenvalue weighted by molar-refractivity contribution is -0.117. The van der Waals surface area contributed by atoms with Gasteiger partial charge in [-0.25, -0.2) is 0 Å². The van der Waals surface area contributed by atoms with Crippen molar-refractivity contribution >= 4 is 17.6 Å². The number of hydrogen-bond acceptors (Lipinski definition) is 8. The van der Waals surface area contributed by atoms with Crippen LogP contribution in [0.3, 0.4) is 0 Å². The maximum Gasteiger partial charge on any atom is 0.258 e. The predicted molar refractivity (Wildman–Crippen MR) is 113 cm³/mol. The summed E-state index contributed by atoms with van der Waals surface area (Å²) in [5, 5.41) is 6.43. The SMILES string of the molecule is COc1ccc(C(=O)N(CCN2CCOCC2)CC(=O)Nc2cc(C)on2)c(OC)c1. The van der Waals surface area contributed by atoms with Crippen molar-refractivity contribution in [2.45, 2.75) is 6.92 Å². The van der Waals surface area contributed by atoms with Crippen LogP contribution in [-0.4, -0.2) is 86.9 Å². The van der Waals surface area contributed by atoms with Gasteiger partial charge in [0.2, 0.25) is 5.91 Å². The van der Waals surface area contributed by atoms with E-state index in [1.54, 1.807) is 38.3 Å². The van der Waals surface area contributed by atoms with Gasteiger partial charge < -0.3 is 29.0 Å². The third-order valence-electron chi connectivity index (χ3n) is 4.95. The number of benzene rings is 1. The first kappa shape index (κ1) is 22.6. The number of nitrogens with one attached hydrogen (secondary N) is 1. The lowest BCUT2D eigenvalue weighted by atomic mass is 10.1. The standard InChI is InChI=1S/C21H28N4O6/c1-15-12-19(23-31-15)22-20(26)14-25(7-6-24-8-10-30-11-9-24)21(27)17-5-4-16(28-2)13-18(17)29-3/h4-5,12-13H,6-11,14H2,1-3H3,(H,22,23,26). The van der Waals surface area contributed by atoms with Gasteiger partial charge in [-0.3, -0.25) is 14.5 Å². The van der Waals surface area contributed by atoms with Crippen LogP contribution < -0.4 is 14.8 Å². The smallest absolute Gasteiger partial charge is 0.258 e. The van der Waals surface area contributed by atoms with Crippen molar-refractivity contribution in [3.63, 3.8) is 0 Å². The predicted octanol–water partition coefficient (Wildman–Crippen LogP) is 1.41. The zero-order valence-electron chi connectivity index (χ0n) is 18.1. The number of amides is 2. The number of ether oxygens (including phenoxy) is 3. The van der Waals surface area contributed by atoms with Gasteiger partial charge >= 0.3 is 0 Å². The maximum atomic E-state index is 13.3. The van der Waals surface area contributed by atoms with Crippen LogP contribution in [0.4, 0.5) is 5.82 Å². The molecule has 1 saturated heterocycles. The number of carbonyl (C=O) groups is 2. The number of aromatic nitrogens is 1. The minimum atomic E-state index is -0.365. The number of morpholine rings is 1. The number of aryl methyl sites for hydroxylation is 1. The molecule has 1 aromatic heterocycles. The number of anilines is 1.